The molecule has 11 heteroatoms. The van der Waals surface area contributed by atoms with Crippen LogP contribution in [0.2, 0.25) is 0 Å². The molecule has 4 aromatic rings. The molecule has 1 amide bonds. The first kappa shape index (κ1) is 22.4. The first-order chi connectivity index (χ1) is 16.0. The van der Waals surface area contributed by atoms with Crippen LogP contribution in [0, 0.1) is 0 Å². The highest BCUT2D eigenvalue weighted by molar-refractivity contribution is 7.89. The summed E-state index contributed by atoms with van der Waals surface area (Å²) in [6, 6.07) is 14.1. The number of amides is 1. The maximum atomic E-state index is 13.0. The van der Waals surface area contributed by atoms with Gasteiger partial charge in [-0.25, -0.2) is 13.4 Å². The maximum Gasteiger partial charge on any atom is 0.257 e. The molecular formula is C22H19N3O4S4. The summed E-state index contributed by atoms with van der Waals surface area (Å²) in [5, 5.41) is 7.31. The summed E-state index contributed by atoms with van der Waals surface area (Å²) in [6.07, 6.45) is 0. The predicted octanol–water partition coefficient (Wildman–Crippen LogP) is 4.87. The first-order valence-corrected chi connectivity index (χ1v) is 14.1. The molecule has 1 N–H and O–H groups in total. The lowest BCUT2D eigenvalue weighted by molar-refractivity contribution is 0.0730. The second-order valence-electron chi connectivity index (χ2n) is 7.15. The summed E-state index contributed by atoms with van der Waals surface area (Å²) < 4.78 is 32.6. The van der Waals surface area contributed by atoms with Crippen LogP contribution in [0.1, 0.15) is 10.4 Å². The van der Waals surface area contributed by atoms with E-state index >= 15 is 0 Å². The first-order valence-electron chi connectivity index (χ1n) is 10.1. The molecule has 0 spiro atoms. The minimum Gasteiger partial charge on any atom is -0.379 e. The molecule has 1 fully saturated rings. The third-order valence-corrected chi connectivity index (χ3v) is 9.84. The Morgan fingerprint density at radius 1 is 1.00 bits per heavy atom. The van der Waals surface area contributed by atoms with Gasteiger partial charge in [0, 0.05) is 23.5 Å². The largest absolute Gasteiger partial charge is 0.379 e. The Balaban J connectivity index is 1.41. The van der Waals surface area contributed by atoms with Gasteiger partial charge in [-0.3, -0.25) is 10.1 Å². The van der Waals surface area contributed by atoms with Crippen LogP contribution in [0.4, 0.5) is 5.13 Å². The number of anilines is 1. The number of aromatic nitrogens is 1. The smallest absolute Gasteiger partial charge is 0.257 e. The second kappa shape index (κ2) is 9.45. The Labute approximate surface area is 203 Å². The van der Waals surface area contributed by atoms with Crippen molar-refractivity contribution in [3.8, 4) is 20.3 Å². The van der Waals surface area contributed by atoms with Gasteiger partial charge in [-0.2, -0.15) is 4.31 Å². The van der Waals surface area contributed by atoms with Crippen molar-refractivity contribution < 1.29 is 17.9 Å². The molecule has 1 saturated heterocycles. The van der Waals surface area contributed by atoms with Crippen molar-refractivity contribution in [2.24, 2.45) is 0 Å². The molecule has 0 atom stereocenters. The van der Waals surface area contributed by atoms with Crippen LogP contribution in [0.25, 0.3) is 20.3 Å². The van der Waals surface area contributed by atoms with Crippen molar-refractivity contribution in [3.05, 3.63) is 64.9 Å². The number of sulfonamides is 1. The van der Waals surface area contributed by atoms with E-state index in [0.717, 1.165) is 20.3 Å². The predicted molar refractivity (Wildman–Crippen MR) is 133 cm³/mol. The van der Waals surface area contributed by atoms with Crippen molar-refractivity contribution in [2.45, 2.75) is 4.90 Å². The number of rotatable bonds is 6. The van der Waals surface area contributed by atoms with Gasteiger partial charge in [0.2, 0.25) is 10.0 Å². The second-order valence-corrected chi connectivity index (χ2v) is 12.0. The molecular weight excluding hydrogens is 499 g/mol. The third kappa shape index (κ3) is 4.65. The molecule has 0 saturated carbocycles. The number of hydrogen-bond acceptors (Lipinski definition) is 8. The van der Waals surface area contributed by atoms with Gasteiger partial charge in [0.25, 0.3) is 5.91 Å². The normalized spacial score (nSPS) is 14.9. The molecule has 170 valence electrons. The van der Waals surface area contributed by atoms with Crippen molar-refractivity contribution >= 4 is 55.1 Å². The van der Waals surface area contributed by atoms with Crippen LogP contribution in [-0.2, 0) is 14.8 Å². The van der Waals surface area contributed by atoms with E-state index in [1.54, 1.807) is 34.8 Å². The number of carbonyl (C=O) groups excluding carboxylic acids is 1. The quantitative estimate of drug-likeness (QED) is 0.394. The Morgan fingerprint density at radius 3 is 2.42 bits per heavy atom. The molecule has 33 heavy (non-hydrogen) atoms. The Bertz CT molecular complexity index is 1300. The fourth-order valence-electron chi connectivity index (χ4n) is 3.43. The molecule has 4 heterocycles. The van der Waals surface area contributed by atoms with E-state index in [9.17, 15) is 13.2 Å². The zero-order valence-corrected chi connectivity index (χ0v) is 20.5. The summed E-state index contributed by atoms with van der Waals surface area (Å²) in [4.78, 5) is 20.9. The molecule has 1 aliphatic heterocycles. The number of ether oxygens (including phenoxy) is 1. The molecule has 0 aliphatic carbocycles. The molecule has 3 aromatic heterocycles. The average molecular weight is 518 g/mol. The number of hydrogen-bond donors (Lipinski definition) is 1. The van der Waals surface area contributed by atoms with Crippen molar-refractivity contribution in [1.29, 1.82) is 0 Å². The lowest BCUT2D eigenvalue weighted by atomic mass is 10.2. The monoisotopic (exact) mass is 517 g/mol. The van der Waals surface area contributed by atoms with E-state index in [1.807, 2.05) is 35.0 Å². The number of thiazole rings is 1. The minimum atomic E-state index is -3.69. The van der Waals surface area contributed by atoms with Gasteiger partial charge in [-0.15, -0.1) is 22.7 Å². The number of nitrogens with zero attached hydrogens (tertiary/aromatic N) is 2. The highest BCUT2D eigenvalue weighted by Crippen LogP contribution is 2.42. The fraction of sp³-hybridized carbons (Fsp3) is 0.182. The van der Waals surface area contributed by atoms with Crippen LogP contribution in [0.5, 0.6) is 0 Å². The summed E-state index contributed by atoms with van der Waals surface area (Å²) in [6.45, 7) is 1.33. The van der Waals surface area contributed by atoms with E-state index < -0.39 is 15.9 Å². The number of nitrogens with one attached hydrogen (secondary N) is 1. The van der Waals surface area contributed by atoms with Crippen LogP contribution >= 0.6 is 34.0 Å². The van der Waals surface area contributed by atoms with Crippen LogP contribution in [0.15, 0.2) is 64.2 Å². The van der Waals surface area contributed by atoms with Gasteiger partial charge in [-0.1, -0.05) is 29.5 Å². The summed E-state index contributed by atoms with van der Waals surface area (Å²) >= 11 is 4.61. The zero-order chi connectivity index (χ0) is 22.8. The van der Waals surface area contributed by atoms with Crippen LogP contribution in [0.3, 0.4) is 0 Å². The summed E-state index contributed by atoms with van der Waals surface area (Å²) in [5.74, 6) is -0.404. The minimum absolute atomic E-state index is 0.0923. The van der Waals surface area contributed by atoms with Gasteiger partial charge in [0.1, 0.15) is 5.69 Å². The van der Waals surface area contributed by atoms with Crippen molar-refractivity contribution in [2.75, 3.05) is 31.6 Å². The van der Waals surface area contributed by atoms with Crippen LogP contribution < -0.4 is 5.32 Å². The lowest BCUT2D eigenvalue weighted by Gasteiger charge is -2.26. The molecule has 1 aromatic carbocycles. The highest BCUT2D eigenvalue weighted by atomic mass is 32.2. The van der Waals surface area contributed by atoms with E-state index in [1.165, 1.54) is 27.8 Å². The summed E-state index contributed by atoms with van der Waals surface area (Å²) in [7, 11) is -3.69. The van der Waals surface area contributed by atoms with Crippen LogP contribution in [-0.4, -0.2) is 49.9 Å². The molecule has 0 bridgehead atoms. The van der Waals surface area contributed by atoms with Crippen molar-refractivity contribution in [3.63, 3.8) is 0 Å². The standard InChI is InChI=1S/C22H19N3O4S4/c26-21(15-4-1-5-16(14-15)33(27,28)25-8-10-29-11-9-25)24-22-23-19(17-6-2-12-30-17)20(32-22)18-7-3-13-31-18/h1-7,12-14H,8-11H2,(H,23,24,26). The van der Waals surface area contributed by atoms with E-state index in [-0.39, 0.29) is 10.5 Å². The molecule has 1 aliphatic rings. The number of carbonyl (C=O) groups is 1. The number of benzene rings is 1. The Morgan fingerprint density at radius 2 is 1.73 bits per heavy atom. The van der Waals surface area contributed by atoms with Gasteiger partial charge in [0.05, 0.1) is 27.9 Å². The molecule has 0 unspecified atom stereocenters. The van der Waals surface area contributed by atoms with E-state index in [2.05, 4.69) is 10.3 Å². The van der Waals surface area contributed by atoms with E-state index in [0.29, 0.717) is 31.4 Å². The van der Waals surface area contributed by atoms with Gasteiger partial charge in [-0.05, 0) is 41.1 Å². The topological polar surface area (TPSA) is 88.6 Å². The Hall–Kier alpha value is -2.41. The average Bonchev–Trinajstić information content (AvgIpc) is 3.61. The molecule has 0 radical (unpaired) electrons. The zero-order valence-electron chi connectivity index (χ0n) is 17.3. The fourth-order valence-corrected chi connectivity index (χ4v) is 7.50. The Kier molecular flexibility index (Phi) is 6.41. The molecule has 7 nitrogen and oxygen atoms in total. The van der Waals surface area contributed by atoms with E-state index in [4.69, 9.17) is 4.74 Å². The lowest BCUT2D eigenvalue weighted by Crippen LogP contribution is -2.40. The summed E-state index contributed by atoms with van der Waals surface area (Å²) in [5.41, 5.74) is 1.09. The van der Waals surface area contributed by atoms with Gasteiger partial charge in [0.15, 0.2) is 5.13 Å². The molecule has 5 rings (SSSR count). The third-order valence-electron chi connectivity index (χ3n) is 5.05. The SMILES string of the molecule is O=C(Nc1nc(-c2cccs2)c(-c2cccs2)s1)c1cccc(S(=O)(=O)N2CCOCC2)c1. The highest BCUT2D eigenvalue weighted by Gasteiger charge is 2.27. The van der Waals surface area contributed by atoms with Crippen molar-refractivity contribution in [1.82, 2.24) is 9.29 Å². The maximum absolute atomic E-state index is 13.0. The number of thiophene rings is 2. The number of morpholine rings is 1. The van der Waals surface area contributed by atoms with Gasteiger partial charge < -0.3 is 4.74 Å². The van der Waals surface area contributed by atoms with Gasteiger partial charge >= 0.3 is 0 Å².